The van der Waals surface area contributed by atoms with Gasteiger partial charge >= 0.3 is 0 Å². The highest BCUT2D eigenvalue weighted by Crippen LogP contribution is 2.44. The fourth-order valence-corrected chi connectivity index (χ4v) is 3.90. The number of carbonyl (C=O) groups excluding carboxylic acids is 1. The summed E-state index contributed by atoms with van der Waals surface area (Å²) in [7, 11) is 0. The quantitative estimate of drug-likeness (QED) is 0.598. The largest absolute Gasteiger partial charge is 0.325 e. The monoisotopic (exact) mass is 387 g/mol. The van der Waals surface area contributed by atoms with Crippen LogP contribution in [0.5, 0.6) is 0 Å². The van der Waals surface area contributed by atoms with Crippen molar-refractivity contribution in [3.8, 4) is 0 Å². The summed E-state index contributed by atoms with van der Waals surface area (Å²) in [6.45, 7) is 0. The van der Waals surface area contributed by atoms with Crippen LogP contribution in [0.4, 0.5) is 14.5 Å². The minimum Gasteiger partial charge on any atom is -0.325 e. The molecule has 1 aliphatic rings. The van der Waals surface area contributed by atoms with Crippen LogP contribution in [-0.4, -0.2) is 5.91 Å². The van der Waals surface area contributed by atoms with Gasteiger partial charge in [-0.1, -0.05) is 40.2 Å². The van der Waals surface area contributed by atoms with Crippen LogP contribution in [0.25, 0.3) is 10.8 Å². The van der Waals surface area contributed by atoms with Crippen LogP contribution in [0.3, 0.4) is 0 Å². The Kier molecular flexibility index (Phi) is 3.61. The van der Waals surface area contributed by atoms with Gasteiger partial charge in [0.25, 0.3) is 0 Å². The second-order valence-electron chi connectivity index (χ2n) is 5.84. The Morgan fingerprint density at radius 1 is 1.00 bits per heavy atom. The molecule has 1 atom stereocenters. The average molecular weight is 388 g/mol. The van der Waals surface area contributed by atoms with Gasteiger partial charge < -0.3 is 5.32 Å². The zero-order chi connectivity index (χ0) is 16.8. The van der Waals surface area contributed by atoms with Gasteiger partial charge in [-0.25, -0.2) is 8.78 Å². The summed E-state index contributed by atoms with van der Waals surface area (Å²) < 4.78 is 28.8. The summed E-state index contributed by atoms with van der Waals surface area (Å²) in [5, 5.41) is 4.72. The minimum atomic E-state index is -0.523. The van der Waals surface area contributed by atoms with Crippen molar-refractivity contribution in [2.75, 3.05) is 5.32 Å². The number of amides is 1. The molecule has 0 radical (unpaired) electrons. The van der Waals surface area contributed by atoms with Crippen molar-refractivity contribution in [3.05, 3.63) is 75.8 Å². The third-order valence-electron chi connectivity index (χ3n) is 4.39. The van der Waals surface area contributed by atoms with E-state index in [-0.39, 0.29) is 17.9 Å². The zero-order valence-corrected chi connectivity index (χ0v) is 14.0. The topological polar surface area (TPSA) is 29.1 Å². The SMILES string of the molecule is O=C1CC(c2cc(F)ccc2F)c2cc(Br)c3ccccc3c2N1. The van der Waals surface area contributed by atoms with E-state index in [2.05, 4.69) is 21.2 Å². The van der Waals surface area contributed by atoms with Crippen LogP contribution in [-0.2, 0) is 4.79 Å². The number of rotatable bonds is 1. The summed E-state index contributed by atoms with van der Waals surface area (Å²) >= 11 is 3.54. The Labute approximate surface area is 145 Å². The van der Waals surface area contributed by atoms with E-state index in [1.165, 1.54) is 6.07 Å². The van der Waals surface area contributed by atoms with E-state index in [1.807, 2.05) is 30.3 Å². The van der Waals surface area contributed by atoms with Crippen molar-refractivity contribution in [1.29, 1.82) is 0 Å². The average Bonchev–Trinajstić information content (AvgIpc) is 2.58. The summed E-state index contributed by atoms with van der Waals surface area (Å²) in [5.41, 5.74) is 1.65. The van der Waals surface area contributed by atoms with Gasteiger partial charge in [-0.3, -0.25) is 4.79 Å². The Hall–Kier alpha value is -2.27. The van der Waals surface area contributed by atoms with E-state index in [0.717, 1.165) is 32.9 Å². The van der Waals surface area contributed by atoms with Gasteiger partial charge in [0.2, 0.25) is 5.91 Å². The molecule has 0 aromatic heterocycles. The number of hydrogen-bond acceptors (Lipinski definition) is 1. The molecular formula is C19H12BrF2NO. The minimum absolute atomic E-state index is 0.0815. The number of hydrogen-bond donors (Lipinski definition) is 1. The van der Waals surface area contributed by atoms with Crippen LogP contribution in [0, 0.1) is 11.6 Å². The van der Waals surface area contributed by atoms with Crippen molar-refractivity contribution in [2.24, 2.45) is 0 Å². The fourth-order valence-electron chi connectivity index (χ4n) is 3.31. The Morgan fingerprint density at radius 3 is 2.54 bits per heavy atom. The predicted octanol–water partition coefficient (Wildman–Crippen LogP) is 5.35. The molecule has 2 nitrogen and oxygen atoms in total. The molecule has 1 unspecified atom stereocenters. The lowest BCUT2D eigenvalue weighted by Gasteiger charge is -2.28. The molecule has 0 aliphatic carbocycles. The second-order valence-corrected chi connectivity index (χ2v) is 6.69. The Balaban J connectivity index is 2.01. The standard InChI is InChI=1S/C19H12BrF2NO/c20-16-8-15-13(14-7-10(21)5-6-17(14)22)9-18(24)23-19(15)12-4-2-1-3-11(12)16/h1-8,13H,9H2,(H,23,24). The number of nitrogens with one attached hydrogen (secondary N) is 1. The van der Waals surface area contributed by atoms with E-state index in [9.17, 15) is 13.6 Å². The zero-order valence-electron chi connectivity index (χ0n) is 12.4. The maximum atomic E-state index is 14.3. The van der Waals surface area contributed by atoms with Gasteiger partial charge in [0, 0.05) is 22.2 Å². The smallest absolute Gasteiger partial charge is 0.225 e. The number of carbonyl (C=O) groups is 1. The first-order chi connectivity index (χ1) is 11.5. The summed E-state index contributed by atoms with van der Waals surface area (Å²) in [6.07, 6.45) is 0.0815. The second kappa shape index (κ2) is 5.67. The van der Waals surface area contributed by atoms with Crippen molar-refractivity contribution in [2.45, 2.75) is 12.3 Å². The highest BCUT2D eigenvalue weighted by atomic mass is 79.9. The molecule has 0 saturated carbocycles. The van der Waals surface area contributed by atoms with Crippen molar-refractivity contribution < 1.29 is 13.6 Å². The van der Waals surface area contributed by atoms with Crippen molar-refractivity contribution in [1.82, 2.24) is 0 Å². The Bertz CT molecular complexity index is 987. The van der Waals surface area contributed by atoms with Gasteiger partial charge in [0.05, 0.1) is 5.69 Å². The van der Waals surface area contributed by atoms with Crippen LogP contribution in [0.15, 0.2) is 53.0 Å². The maximum Gasteiger partial charge on any atom is 0.225 e. The molecule has 0 spiro atoms. The van der Waals surface area contributed by atoms with Gasteiger partial charge in [0.15, 0.2) is 0 Å². The lowest BCUT2D eigenvalue weighted by molar-refractivity contribution is -0.116. The van der Waals surface area contributed by atoms with Crippen LogP contribution in [0.1, 0.15) is 23.5 Å². The molecule has 3 aromatic carbocycles. The molecule has 1 heterocycles. The predicted molar refractivity (Wildman–Crippen MR) is 93.1 cm³/mol. The molecule has 1 aliphatic heterocycles. The molecule has 4 rings (SSSR count). The summed E-state index contributed by atoms with van der Waals surface area (Å²) in [6, 6.07) is 12.9. The van der Waals surface area contributed by atoms with Gasteiger partial charge in [-0.2, -0.15) is 0 Å². The molecule has 0 saturated heterocycles. The molecule has 120 valence electrons. The van der Waals surface area contributed by atoms with E-state index < -0.39 is 17.6 Å². The molecule has 5 heteroatoms. The molecule has 0 bridgehead atoms. The van der Waals surface area contributed by atoms with E-state index in [0.29, 0.717) is 5.69 Å². The molecule has 24 heavy (non-hydrogen) atoms. The highest BCUT2D eigenvalue weighted by Gasteiger charge is 2.30. The Morgan fingerprint density at radius 2 is 1.75 bits per heavy atom. The van der Waals surface area contributed by atoms with Gasteiger partial charge in [-0.15, -0.1) is 0 Å². The molecule has 1 N–H and O–H groups in total. The molecule has 0 fully saturated rings. The van der Waals surface area contributed by atoms with Crippen molar-refractivity contribution >= 4 is 38.3 Å². The lowest BCUT2D eigenvalue weighted by atomic mass is 9.83. The normalized spacial score (nSPS) is 16.8. The third kappa shape index (κ3) is 2.40. The van der Waals surface area contributed by atoms with E-state index >= 15 is 0 Å². The first kappa shape index (κ1) is 15.3. The van der Waals surface area contributed by atoms with E-state index in [1.54, 1.807) is 0 Å². The van der Waals surface area contributed by atoms with Crippen LogP contribution in [0.2, 0.25) is 0 Å². The summed E-state index contributed by atoms with van der Waals surface area (Å²) in [5.74, 6) is -1.75. The lowest BCUT2D eigenvalue weighted by Crippen LogP contribution is -2.24. The molecule has 1 amide bonds. The molecule has 3 aromatic rings. The van der Waals surface area contributed by atoms with Crippen molar-refractivity contribution in [3.63, 3.8) is 0 Å². The van der Waals surface area contributed by atoms with Crippen LogP contribution < -0.4 is 5.32 Å². The van der Waals surface area contributed by atoms with E-state index in [4.69, 9.17) is 0 Å². The number of benzene rings is 3. The maximum absolute atomic E-state index is 14.3. The number of fused-ring (bicyclic) bond motifs is 3. The first-order valence-corrected chi connectivity index (χ1v) is 8.30. The molecular weight excluding hydrogens is 376 g/mol. The fraction of sp³-hybridized carbons (Fsp3) is 0.105. The van der Waals surface area contributed by atoms with Gasteiger partial charge in [-0.05, 0) is 40.8 Å². The van der Waals surface area contributed by atoms with Crippen LogP contribution >= 0.6 is 15.9 Å². The number of halogens is 3. The summed E-state index contributed by atoms with van der Waals surface area (Å²) in [4.78, 5) is 12.2. The third-order valence-corrected chi connectivity index (χ3v) is 5.04. The number of anilines is 1. The highest BCUT2D eigenvalue weighted by molar-refractivity contribution is 9.10. The first-order valence-electron chi connectivity index (χ1n) is 7.50. The van der Waals surface area contributed by atoms with Gasteiger partial charge in [0.1, 0.15) is 11.6 Å².